The molecule has 114 valence electrons. The van der Waals surface area contributed by atoms with Crippen LogP contribution >= 0.6 is 11.6 Å². The lowest BCUT2D eigenvalue weighted by Crippen LogP contribution is -2.20. The topological polar surface area (TPSA) is 29.9 Å². The molecule has 0 spiro atoms. The van der Waals surface area contributed by atoms with E-state index in [1.54, 1.807) is 0 Å². The van der Waals surface area contributed by atoms with Crippen LogP contribution in [0.5, 0.6) is 0 Å². The fourth-order valence-electron chi connectivity index (χ4n) is 2.33. The van der Waals surface area contributed by atoms with Gasteiger partial charge < -0.3 is 5.32 Å². The van der Waals surface area contributed by atoms with Crippen molar-refractivity contribution in [2.75, 3.05) is 6.54 Å². The molecule has 2 rings (SSSR count). The van der Waals surface area contributed by atoms with E-state index in [1.165, 1.54) is 16.8 Å². The van der Waals surface area contributed by atoms with Crippen LogP contribution in [0.15, 0.2) is 18.2 Å². The summed E-state index contributed by atoms with van der Waals surface area (Å²) in [6.07, 6.45) is 0. The molecule has 0 saturated heterocycles. The van der Waals surface area contributed by atoms with E-state index in [4.69, 9.17) is 11.6 Å². The zero-order chi connectivity index (χ0) is 15.6. The van der Waals surface area contributed by atoms with E-state index in [-0.39, 0.29) is 0 Å². The van der Waals surface area contributed by atoms with Crippen LogP contribution in [-0.2, 0) is 6.54 Å². The van der Waals surface area contributed by atoms with Gasteiger partial charge in [-0.05, 0) is 56.5 Å². The summed E-state index contributed by atoms with van der Waals surface area (Å²) < 4.78 is 2.00. The fourth-order valence-corrected chi connectivity index (χ4v) is 2.50. The van der Waals surface area contributed by atoms with Crippen molar-refractivity contribution in [1.29, 1.82) is 0 Å². The minimum absolute atomic E-state index is 0.636. The summed E-state index contributed by atoms with van der Waals surface area (Å²) >= 11 is 6.19. The van der Waals surface area contributed by atoms with Crippen LogP contribution < -0.4 is 5.32 Å². The average molecular weight is 306 g/mol. The van der Waals surface area contributed by atoms with Crippen molar-refractivity contribution in [2.24, 2.45) is 5.92 Å². The molecule has 1 aromatic heterocycles. The normalized spacial score (nSPS) is 11.4. The molecule has 0 aliphatic rings. The highest BCUT2D eigenvalue weighted by molar-refractivity contribution is 6.30. The molecule has 1 N–H and O–H groups in total. The molecular weight excluding hydrogens is 282 g/mol. The summed E-state index contributed by atoms with van der Waals surface area (Å²) in [6.45, 7) is 12.5. The Kier molecular flexibility index (Phi) is 5.07. The maximum absolute atomic E-state index is 6.19. The second-order valence-corrected chi connectivity index (χ2v) is 6.44. The number of nitrogens with zero attached hydrogens (tertiary/aromatic N) is 2. The maximum Gasteiger partial charge on any atom is 0.0708 e. The zero-order valence-electron chi connectivity index (χ0n) is 13.5. The Morgan fingerprint density at radius 3 is 2.52 bits per heavy atom. The third-order valence-corrected chi connectivity index (χ3v) is 4.03. The predicted molar refractivity (Wildman–Crippen MR) is 89.3 cm³/mol. The summed E-state index contributed by atoms with van der Waals surface area (Å²) in [6, 6.07) is 6.01. The number of aryl methyl sites for hydroxylation is 1. The standard InChI is InChI=1S/C17H24ClN3/c1-11(2)9-19-10-15-6-7-16(18)8-17(15)21-14(5)12(3)13(4)20-21/h6-8,11,19H,9-10H2,1-5H3. The lowest BCUT2D eigenvalue weighted by Gasteiger charge is -2.14. The third kappa shape index (κ3) is 3.66. The number of hydrogen-bond acceptors (Lipinski definition) is 2. The van der Waals surface area contributed by atoms with Gasteiger partial charge in [-0.1, -0.05) is 31.5 Å². The molecule has 0 amide bonds. The second kappa shape index (κ2) is 6.63. The Bertz CT molecular complexity index is 629. The van der Waals surface area contributed by atoms with Gasteiger partial charge in [-0.3, -0.25) is 0 Å². The minimum Gasteiger partial charge on any atom is -0.312 e. The molecule has 0 radical (unpaired) electrons. The van der Waals surface area contributed by atoms with Crippen molar-refractivity contribution < 1.29 is 0 Å². The van der Waals surface area contributed by atoms with Gasteiger partial charge in [-0.25, -0.2) is 4.68 Å². The first-order valence-corrected chi connectivity index (χ1v) is 7.80. The van der Waals surface area contributed by atoms with Gasteiger partial charge in [0, 0.05) is 17.3 Å². The van der Waals surface area contributed by atoms with Crippen LogP contribution in [0.2, 0.25) is 5.02 Å². The Morgan fingerprint density at radius 2 is 1.95 bits per heavy atom. The first kappa shape index (κ1) is 16.1. The van der Waals surface area contributed by atoms with Crippen molar-refractivity contribution in [1.82, 2.24) is 15.1 Å². The van der Waals surface area contributed by atoms with E-state index in [1.807, 2.05) is 23.7 Å². The maximum atomic E-state index is 6.19. The van der Waals surface area contributed by atoms with Crippen molar-refractivity contribution in [3.63, 3.8) is 0 Å². The van der Waals surface area contributed by atoms with Gasteiger partial charge in [-0.2, -0.15) is 5.10 Å². The number of benzene rings is 1. The molecule has 0 unspecified atom stereocenters. The minimum atomic E-state index is 0.636. The summed E-state index contributed by atoms with van der Waals surface area (Å²) in [4.78, 5) is 0. The van der Waals surface area contributed by atoms with Crippen molar-refractivity contribution >= 4 is 11.6 Å². The molecule has 0 bridgehead atoms. The zero-order valence-corrected chi connectivity index (χ0v) is 14.3. The molecule has 3 nitrogen and oxygen atoms in total. The lowest BCUT2D eigenvalue weighted by molar-refractivity contribution is 0.551. The van der Waals surface area contributed by atoms with Gasteiger partial charge in [0.15, 0.2) is 0 Å². The van der Waals surface area contributed by atoms with E-state index >= 15 is 0 Å². The number of rotatable bonds is 5. The van der Waals surface area contributed by atoms with Crippen LogP contribution in [0, 0.1) is 26.7 Å². The SMILES string of the molecule is Cc1nn(-c2cc(Cl)ccc2CNCC(C)C)c(C)c1C. The van der Waals surface area contributed by atoms with E-state index in [0.29, 0.717) is 5.92 Å². The van der Waals surface area contributed by atoms with E-state index < -0.39 is 0 Å². The van der Waals surface area contributed by atoms with Gasteiger partial charge in [0.1, 0.15) is 0 Å². The Labute approximate surface area is 132 Å². The second-order valence-electron chi connectivity index (χ2n) is 6.01. The average Bonchev–Trinajstić information content (AvgIpc) is 2.68. The molecule has 0 saturated carbocycles. The molecule has 2 aromatic rings. The Hall–Kier alpha value is -1.32. The number of halogens is 1. The number of hydrogen-bond donors (Lipinski definition) is 1. The highest BCUT2D eigenvalue weighted by atomic mass is 35.5. The quantitative estimate of drug-likeness (QED) is 0.897. The van der Waals surface area contributed by atoms with E-state index in [2.05, 4.69) is 44.2 Å². The smallest absolute Gasteiger partial charge is 0.0708 e. The monoisotopic (exact) mass is 305 g/mol. The first-order chi connectivity index (χ1) is 9.90. The van der Waals surface area contributed by atoms with Gasteiger partial charge in [0.2, 0.25) is 0 Å². The predicted octanol–water partition coefficient (Wildman–Crippen LogP) is 4.20. The van der Waals surface area contributed by atoms with Gasteiger partial charge in [0.25, 0.3) is 0 Å². The Morgan fingerprint density at radius 1 is 1.24 bits per heavy atom. The largest absolute Gasteiger partial charge is 0.312 e. The van der Waals surface area contributed by atoms with Crippen molar-refractivity contribution in [3.05, 3.63) is 45.7 Å². The third-order valence-electron chi connectivity index (χ3n) is 3.80. The van der Waals surface area contributed by atoms with Crippen molar-refractivity contribution in [3.8, 4) is 5.69 Å². The summed E-state index contributed by atoms with van der Waals surface area (Å²) in [5.41, 5.74) is 5.74. The molecule has 0 atom stereocenters. The van der Waals surface area contributed by atoms with Crippen LogP contribution in [-0.4, -0.2) is 16.3 Å². The molecule has 0 aliphatic heterocycles. The molecule has 0 fully saturated rings. The summed E-state index contributed by atoms with van der Waals surface area (Å²) in [7, 11) is 0. The van der Waals surface area contributed by atoms with Crippen LogP contribution in [0.1, 0.15) is 36.4 Å². The van der Waals surface area contributed by atoms with E-state index in [9.17, 15) is 0 Å². The summed E-state index contributed by atoms with van der Waals surface area (Å²) in [5.74, 6) is 0.636. The molecule has 1 heterocycles. The van der Waals surface area contributed by atoms with Gasteiger partial charge in [-0.15, -0.1) is 0 Å². The highest BCUT2D eigenvalue weighted by Crippen LogP contribution is 2.23. The molecule has 4 heteroatoms. The number of nitrogens with one attached hydrogen (secondary N) is 1. The highest BCUT2D eigenvalue weighted by Gasteiger charge is 2.13. The van der Waals surface area contributed by atoms with E-state index in [0.717, 1.165) is 29.5 Å². The van der Waals surface area contributed by atoms with Crippen molar-refractivity contribution in [2.45, 2.75) is 41.2 Å². The lowest BCUT2D eigenvalue weighted by atomic mass is 10.1. The molecule has 1 aromatic carbocycles. The van der Waals surface area contributed by atoms with Gasteiger partial charge in [0.05, 0.1) is 11.4 Å². The number of aromatic nitrogens is 2. The molecule has 0 aliphatic carbocycles. The Balaban J connectivity index is 2.37. The fraction of sp³-hybridized carbons (Fsp3) is 0.471. The molecule has 21 heavy (non-hydrogen) atoms. The van der Waals surface area contributed by atoms with Gasteiger partial charge >= 0.3 is 0 Å². The van der Waals surface area contributed by atoms with Crippen LogP contribution in [0.3, 0.4) is 0 Å². The van der Waals surface area contributed by atoms with Crippen LogP contribution in [0.4, 0.5) is 0 Å². The van der Waals surface area contributed by atoms with Crippen LogP contribution in [0.25, 0.3) is 5.69 Å². The molecular formula is C17H24ClN3. The summed E-state index contributed by atoms with van der Waals surface area (Å²) in [5, 5.41) is 8.88. The first-order valence-electron chi connectivity index (χ1n) is 7.42.